The van der Waals surface area contributed by atoms with Gasteiger partial charge in [-0.05, 0) is 18.6 Å². The van der Waals surface area contributed by atoms with Gasteiger partial charge in [0, 0.05) is 0 Å². The zero-order valence-electron chi connectivity index (χ0n) is 6.95. The number of rotatable bonds is 2. The third-order valence-electron chi connectivity index (χ3n) is 1.98. The van der Waals surface area contributed by atoms with E-state index in [1.54, 1.807) is 0 Å². The Kier molecular flexibility index (Phi) is 3.28. The van der Waals surface area contributed by atoms with E-state index in [2.05, 4.69) is 0 Å². The molecule has 7 heteroatoms. The molecule has 1 rings (SSSR count). The zero-order chi connectivity index (χ0) is 11.0. The van der Waals surface area contributed by atoms with Crippen molar-refractivity contribution >= 4 is 11.8 Å². The van der Waals surface area contributed by atoms with E-state index in [0.29, 0.717) is 23.9 Å². The summed E-state index contributed by atoms with van der Waals surface area (Å²) in [4.78, 5) is 0. The highest BCUT2D eigenvalue weighted by Gasteiger charge is 2.60. The van der Waals surface area contributed by atoms with Crippen LogP contribution in [0.15, 0.2) is 0 Å². The van der Waals surface area contributed by atoms with Crippen LogP contribution in [0.1, 0.15) is 12.8 Å². The van der Waals surface area contributed by atoms with Gasteiger partial charge < -0.3 is 0 Å². The van der Waals surface area contributed by atoms with Crippen LogP contribution >= 0.6 is 11.8 Å². The molecule has 0 saturated carbocycles. The zero-order valence-corrected chi connectivity index (χ0v) is 7.77. The molecule has 0 radical (unpaired) electrons. The molecule has 1 fully saturated rings. The van der Waals surface area contributed by atoms with Gasteiger partial charge in [0.25, 0.3) is 12.1 Å². The van der Waals surface area contributed by atoms with Crippen molar-refractivity contribution in [1.29, 1.82) is 0 Å². The molecule has 2 atom stereocenters. The Labute approximate surface area is 81.0 Å². The van der Waals surface area contributed by atoms with Gasteiger partial charge in [-0.2, -0.15) is 24.9 Å². The molecule has 0 nitrogen and oxygen atoms in total. The molecule has 0 aliphatic carbocycles. The smallest absolute Gasteiger partial charge is 0.231 e. The van der Waals surface area contributed by atoms with E-state index in [-0.39, 0.29) is 6.42 Å². The Bertz CT molecular complexity index is 195. The third kappa shape index (κ3) is 2.29. The van der Waals surface area contributed by atoms with Crippen LogP contribution in [-0.2, 0) is 0 Å². The average Bonchev–Trinajstić information content (AvgIpc) is 2.53. The van der Waals surface area contributed by atoms with Gasteiger partial charge in [-0.3, -0.25) is 0 Å². The Morgan fingerprint density at radius 3 is 2.07 bits per heavy atom. The van der Waals surface area contributed by atoms with E-state index in [4.69, 9.17) is 0 Å². The van der Waals surface area contributed by atoms with E-state index in [9.17, 15) is 26.3 Å². The summed E-state index contributed by atoms with van der Waals surface area (Å²) in [6, 6.07) is 0. The molecule has 1 aliphatic rings. The normalized spacial score (nSPS) is 26.6. The predicted octanol–water partition coefficient (Wildman–Crippen LogP) is 3.42. The molecule has 14 heavy (non-hydrogen) atoms. The van der Waals surface area contributed by atoms with E-state index in [1.807, 2.05) is 0 Å². The molecule has 0 bridgehead atoms. The molecule has 2 unspecified atom stereocenters. The SMILES string of the molecule is FC(C(F)(F)F)C(F)(F)C1CCCS1. The molecule has 0 aromatic heterocycles. The largest absolute Gasteiger partial charge is 0.425 e. The van der Waals surface area contributed by atoms with E-state index in [1.165, 1.54) is 0 Å². The number of hydrogen-bond acceptors (Lipinski definition) is 1. The Hall–Kier alpha value is -0.0700. The summed E-state index contributed by atoms with van der Waals surface area (Å²) in [5, 5.41) is -1.54. The second kappa shape index (κ2) is 3.83. The van der Waals surface area contributed by atoms with Crippen molar-refractivity contribution in [3.8, 4) is 0 Å². The maximum absolute atomic E-state index is 12.9. The first kappa shape index (κ1) is 12.0. The maximum atomic E-state index is 12.9. The summed E-state index contributed by atoms with van der Waals surface area (Å²) in [5.74, 6) is -3.94. The van der Waals surface area contributed by atoms with Crippen LogP contribution in [0.4, 0.5) is 26.3 Å². The first-order chi connectivity index (χ1) is 6.26. The summed E-state index contributed by atoms with van der Waals surface area (Å²) in [5.41, 5.74) is 0. The molecular weight excluding hydrogens is 230 g/mol. The molecule has 0 aromatic carbocycles. The van der Waals surface area contributed by atoms with Crippen molar-refractivity contribution in [2.24, 2.45) is 0 Å². The van der Waals surface area contributed by atoms with Crippen molar-refractivity contribution in [3.63, 3.8) is 0 Å². The lowest BCUT2D eigenvalue weighted by atomic mass is 10.1. The third-order valence-corrected chi connectivity index (χ3v) is 3.46. The molecule has 0 amide bonds. The molecule has 0 spiro atoms. The van der Waals surface area contributed by atoms with Crippen molar-refractivity contribution in [1.82, 2.24) is 0 Å². The lowest BCUT2D eigenvalue weighted by Crippen LogP contribution is -2.47. The number of alkyl halides is 6. The van der Waals surface area contributed by atoms with Crippen molar-refractivity contribution < 1.29 is 26.3 Å². The van der Waals surface area contributed by atoms with Crippen LogP contribution in [0.25, 0.3) is 0 Å². The molecule has 1 saturated heterocycles. The van der Waals surface area contributed by atoms with Gasteiger partial charge >= 0.3 is 6.18 Å². The molecule has 84 valence electrons. The maximum Gasteiger partial charge on any atom is 0.425 e. The quantitative estimate of drug-likeness (QED) is 0.664. The van der Waals surface area contributed by atoms with Crippen LogP contribution in [0.3, 0.4) is 0 Å². The first-order valence-corrected chi connectivity index (χ1v) is 5.01. The lowest BCUT2D eigenvalue weighted by molar-refractivity contribution is -0.243. The highest BCUT2D eigenvalue weighted by atomic mass is 32.2. The number of thioether (sulfide) groups is 1. The molecule has 0 aromatic rings. The summed E-state index contributed by atoms with van der Waals surface area (Å²) in [6.07, 6.45) is -9.18. The Morgan fingerprint density at radius 2 is 1.71 bits per heavy atom. The molecule has 1 aliphatic heterocycles. The van der Waals surface area contributed by atoms with Crippen LogP contribution in [-0.4, -0.2) is 29.3 Å². The Balaban J connectivity index is 2.72. The molecule has 0 N–H and O–H groups in total. The monoisotopic (exact) mass is 238 g/mol. The van der Waals surface area contributed by atoms with Crippen LogP contribution in [0.2, 0.25) is 0 Å². The van der Waals surface area contributed by atoms with Crippen molar-refractivity contribution in [3.05, 3.63) is 0 Å². The first-order valence-electron chi connectivity index (χ1n) is 3.96. The number of hydrogen-bond donors (Lipinski definition) is 0. The van der Waals surface area contributed by atoms with Gasteiger partial charge in [0.05, 0.1) is 5.25 Å². The summed E-state index contributed by atoms with van der Waals surface area (Å²) in [7, 11) is 0. The molecular formula is C7H8F6S. The van der Waals surface area contributed by atoms with Crippen molar-refractivity contribution in [2.45, 2.75) is 36.4 Å². The van der Waals surface area contributed by atoms with E-state index < -0.39 is 23.5 Å². The summed E-state index contributed by atoms with van der Waals surface area (Å²) in [6.45, 7) is 0. The van der Waals surface area contributed by atoms with Gasteiger partial charge in [0.15, 0.2) is 0 Å². The van der Waals surface area contributed by atoms with E-state index in [0.717, 1.165) is 0 Å². The fourth-order valence-corrected chi connectivity index (χ4v) is 2.56. The Morgan fingerprint density at radius 1 is 1.14 bits per heavy atom. The van der Waals surface area contributed by atoms with Gasteiger partial charge in [0.1, 0.15) is 0 Å². The summed E-state index contributed by atoms with van der Waals surface area (Å²) < 4.78 is 73.5. The number of halogens is 6. The average molecular weight is 238 g/mol. The van der Waals surface area contributed by atoms with Gasteiger partial charge in [0.2, 0.25) is 0 Å². The predicted molar refractivity (Wildman–Crippen MR) is 41.4 cm³/mol. The lowest BCUT2D eigenvalue weighted by Gasteiger charge is -2.26. The van der Waals surface area contributed by atoms with Gasteiger partial charge in [-0.25, -0.2) is 13.2 Å². The van der Waals surface area contributed by atoms with Gasteiger partial charge in [-0.1, -0.05) is 0 Å². The topological polar surface area (TPSA) is 0 Å². The van der Waals surface area contributed by atoms with Gasteiger partial charge in [-0.15, -0.1) is 0 Å². The van der Waals surface area contributed by atoms with E-state index >= 15 is 0 Å². The second-order valence-corrected chi connectivity index (χ2v) is 4.39. The fraction of sp³-hybridized carbons (Fsp3) is 1.00. The van der Waals surface area contributed by atoms with Crippen molar-refractivity contribution in [2.75, 3.05) is 5.75 Å². The molecule has 1 heterocycles. The summed E-state index contributed by atoms with van der Waals surface area (Å²) >= 11 is 0.704. The minimum atomic E-state index is -5.48. The standard InChI is InChI=1S/C7H8F6S/c8-5(7(11,12)13)6(9,10)4-2-1-3-14-4/h4-5H,1-3H2. The van der Waals surface area contributed by atoms with Crippen LogP contribution in [0.5, 0.6) is 0 Å². The minimum absolute atomic E-state index is 0.0613. The highest BCUT2D eigenvalue weighted by Crippen LogP contribution is 2.45. The minimum Gasteiger partial charge on any atom is -0.231 e. The van der Waals surface area contributed by atoms with Crippen LogP contribution < -0.4 is 0 Å². The fourth-order valence-electron chi connectivity index (χ4n) is 1.26. The highest BCUT2D eigenvalue weighted by molar-refractivity contribution is 8.00. The van der Waals surface area contributed by atoms with Crippen LogP contribution in [0, 0.1) is 0 Å². The second-order valence-electron chi connectivity index (χ2n) is 3.08.